The molecule has 2 aromatic rings. The fourth-order valence-electron chi connectivity index (χ4n) is 1.81. The zero-order chi connectivity index (χ0) is 15.2. The van der Waals surface area contributed by atoms with Crippen molar-refractivity contribution in [1.29, 1.82) is 0 Å². The van der Waals surface area contributed by atoms with Crippen LogP contribution in [0.4, 0.5) is 0 Å². The third-order valence-corrected chi connectivity index (χ3v) is 4.27. The molecule has 0 spiro atoms. The van der Waals surface area contributed by atoms with Crippen molar-refractivity contribution in [3.8, 4) is 11.8 Å². The topological polar surface area (TPSA) is 55.1 Å². The summed E-state index contributed by atoms with van der Waals surface area (Å²) in [6.45, 7) is 2.65. The van der Waals surface area contributed by atoms with Crippen LogP contribution in [0.25, 0.3) is 0 Å². The lowest BCUT2D eigenvalue weighted by Gasteiger charge is -2.07. The SMILES string of the molecule is Cc1c(Cl)cccc1C(=O)NCc1cc(C#CCN)cs1. The van der Waals surface area contributed by atoms with Gasteiger partial charge in [-0.15, -0.1) is 11.3 Å². The first-order valence-electron chi connectivity index (χ1n) is 6.41. The van der Waals surface area contributed by atoms with Crippen molar-refractivity contribution in [2.45, 2.75) is 13.5 Å². The first-order chi connectivity index (χ1) is 10.1. The summed E-state index contributed by atoms with van der Waals surface area (Å²) in [4.78, 5) is 13.2. The first kappa shape index (κ1) is 15.6. The van der Waals surface area contributed by atoms with Gasteiger partial charge < -0.3 is 11.1 Å². The van der Waals surface area contributed by atoms with Crippen molar-refractivity contribution >= 4 is 28.8 Å². The Labute approximate surface area is 133 Å². The molecule has 0 unspecified atom stereocenters. The van der Waals surface area contributed by atoms with Gasteiger partial charge in [-0.05, 0) is 30.7 Å². The van der Waals surface area contributed by atoms with Gasteiger partial charge in [0.15, 0.2) is 0 Å². The number of nitrogens with one attached hydrogen (secondary N) is 1. The van der Waals surface area contributed by atoms with Crippen LogP contribution in [0.2, 0.25) is 5.02 Å². The molecule has 3 nitrogen and oxygen atoms in total. The molecular formula is C16H15ClN2OS. The summed E-state index contributed by atoms with van der Waals surface area (Å²) in [5, 5.41) is 5.44. The molecule has 108 valence electrons. The lowest BCUT2D eigenvalue weighted by molar-refractivity contribution is 0.0950. The van der Waals surface area contributed by atoms with E-state index in [9.17, 15) is 4.79 Å². The summed E-state index contributed by atoms with van der Waals surface area (Å²) in [5.41, 5.74) is 7.65. The molecule has 0 aliphatic rings. The summed E-state index contributed by atoms with van der Waals surface area (Å²) >= 11 is 7.58. The van der Waals surface area contributed by atoms with Crippen LogP contribution in [0.15, 0.2) is 29.6 Å². The molecule has 0 atom stereocenters. The zero-order valence-electron chi connectivity index (χ0n) is 11.6. The molecule has 0 aliphatic carbocycles. The maximum atomic E-state index is 12.2. The van der Waals surface area contributed by atoms with Crippen LogP contribution in [-0.4, -0.2) is 12.5 Å². The predicted molar refractivity (Wildman–Crippen MR) is 87.6 cm³/mol. The Morgan fingerprint density at radius 2 is 2.29 bits per heavy atom. The molecule has 0 bridgehead atoms. The van der Waals surface area contributed by atoms with E-state index in [2.05, 4.69) is 17.2 Å². The van der Waals surface area contributed by atoms with Crippen molar-refractivity contribution in [2.75, 3.05) is 6.54 Å². The number of carbonyl (C=O) groups excluding carboxylic acids is 1. The molecule has 0 fully saturated rings. The van der Waals surface area contributed by atoms with Crippen molar-refractivity contribution in [3.63, 3.8) is 0 Å². The minimum Gasteiger partial charge on any atom is -0.347 e. The van der Waals surface area contributed by atoms with Gasteiger partial charge in [-0.25, -0.2) is 0 Å². The average Bonchev–Trinajstić information content (AvgIpc) is 2.93. The number of nitrogens with two attached hydrogens (primary N) is 1. The molecule has 0 aliphatic heterocycles. The maximum absolute atomic E-state index is 12.2. The molecular weight excluding hydrogens is 304 g/mol. The highest BCUT2D eigenvalue weighted by Crippen LogP contribution is 2.19. The number of hydrogen-bond donors (Lipinski definition) is 2. The number of amides is 1. The number of carbonyl (C=O) groups is 1. The Balaban J connectivity index is 2.01. The Kier molecular flexibility index (Phi) is 5.40. The van der Waals surface area contributed by atoms with E-state index < -0.39 is 0 Å². The van der Waals surface area contributed by atoms with Gasteiger partial charge in [-0.1, -0.05) is 29.5 Å². The molecule has 21 heavy (non-hydrogen) atoms. The largest absolute Gasteiger partial charge is 0.347 e. The third-order valence-electron chi connectivity index (χ3n) is 2.92. The number of thiophene rings is 1. The van der Waals surface area contributed by atoms with E-state index in [4.69, 9.17) is 17.3 Å². The molecule has 1 aromatic carbocycles. The van der Waals surface area contributed by atoms with E-state index in [1.165, 1.54) is 0 Å². The first-order valence-corrected chi connectivity index (χ1v) is 7.67. The summed E-state index contributed by atoms with van der Waals surface area (Å²) in [6.07, 6.45) is 0. The van der Waals surface area contributed by atoms with Crippen LogP contribution in [-0.2, 0) is 6.54 Å². The molecule has 0 saturated heterocycles. The van der Waals surface area contributed by atoms with E-state index >= 15 is 0 Å². The molecule has 5 heteroatoms. The number of halogens is 1. The van der Waals surface area contributed by atoms with Crippen LogP contribution < -0.4 is 11.1 Å². The average molecular weight is 319 g/mol. The molecule has 0 radical (unpaired) electrons. The van der Waals surface area contributed by atoms with Gasteiger partial charge in [0.1, 0.15) is 0 Å². The zero-order valence-corrected chi connectivity index (χ0v) is 13.1. The van der Waals surface area contributed by atoms with E-state index in [0.717, 1.165) is 16.0 Å². The van der Waals surface area contributed by atoms with E-state index in [1.54, 1.807) is 29.5 Å². The number of hydrogen-bond acceptors (Lipinski definition) is 3. The van der Waals surface area contributed by atoms with Crippen LogP contribution in [0.5, 0.6) is 0 Å². The van der Waals surface area contributed by atoms with Gasteiger partial charge >= 0.3 is 0 Å². The van der Waals surface area contributed by atoms with Crippen LogP contribution >= 0.6 is 22.9 Å². The predicted octanol–water partition coefficient (Wildman–Crippen LogP) is 2.95. The van der Waals surface area contributed by atoms with Gasteiger partial charge in [0.25, 0.3) is 5.91 Å². The molecule has 1 heterocycles. The summed E-state index contributed by atoms with van der Waals surface area (Å²) in [6, 6.07) is 7.27. The lowest BCUT2D eigenvalue weighted by Crippen LogP contribution is -2.23. The highest BCUT2D eigenvalue weighted by atomic mass is 35.5. The monoisotopic (exact) mass is 318 g/mol. The minimum atomic E-state index is -0.127. The molecule has 1 amide bonds. The third kappa shape index (κ3) is 4.08. The molecule has 3 N–H and O–H groups in total. The van der Waals surface area contributed by atoms with E-state index in [0.29, 0.717) is 23.7 Å². The van der Waals surface area contributed by atoms with Crippen LogP contribution in [0.3, 0.4) is 0 Å². The van der Waals surface area contributed by atoms with E-state index in [-0.39, 0.29) is 5.91 Å². The quantitative estimate of drug-likeness (QED) is 0.855. The number of benzene rings is 1. The molecule has 2 rings (SSSR count). The van der Waals surface area contributed by atoms with Crippen molar-refractivity contribution in [2.24, 2.45) is 5.73 Å². The van der Waals surface area contributed by atoms with Gasteiger partial charge in [0.05, 0.1) is 13.1 Å². The second kappa shape index (κ2) is 7.28. The van der Waals surface area contributed by atoms with Crippen LogP contribution in [0, 0.1) is 18.8 Å². The number of rotatable bonds is 3. The summed E-state index contributed by atoms with van der Waals surface area (Å²) < 4.78 is 0. The van der Waals surface area contributed by atoms with Crippen molar-refractivity contribution in [1.82, 2.24) is 5.32 Å². The second-order valence-corrected chi connectivity index (χ2v) is 5.81. The highest BCUT2D eigenvalue weighted by molar-refractivity contribution is 7.10. The summed E-state index contributed by atoms with van der Waals surface area (Å²) in [5.74, 6) is 5.64. The Hall–Kier alpha value is -1.80. The summed E-state index contributed by atoms with van der Waals surface area (Å²) in [7, 11) is 0. The highest BCUT2D eigenvalue weighted by Gasteiger charge is 2.10. The fraction of sp³-hybridized carbons (Fsp3) is 0.188. The van der Waals surface area contributed by atoms with E-state index in [1.807, 2.05) is 18.4 Å². The molecule has 1 aromatic heterocycles. The Morgan fingerprint density at radius 3 is 3.05 bits per heavy atom. The van der Waals surface area contributed by atoms with Gasteiger partial charge in [0, 0.05) is 26.4 Å². The lowest BCUT2D eigenvalue weighted by atomic mass is 10.1. The standard InChI is InChI=1S/C16H15ClN2OS/c1-11-14(5-2-6-15(11)17)16(20)19-9-13-8-12(10-21-13)4-3-7-18/h2,5-6,8,10H,7,9,18H2,1H3,(H,19,20). The van der Waals surface area contributed by atoms with Crippen LogP contribution in [0.1, 0.15) is 26.4 Å². The van der Waals surface area contributed by atoms with Gasteiger partial charge in [-0.3, -0.25) is 4.79 Å². The second-order valence-electron chi connectivity index (χ2n) is 4.40. The Bertz CT molecular complexity index is 713. The molecule has 0 saturated carbocycles. The Morgan fingerprint density at radius 1 is 1.48 bits per heavy atom. The van der Waals surface area contributed by atoms with Gasteiger partial charge in [-0.2, -0.15) is 0 Å². The smallest absolute Gasteiger partial charge is 0.251 e. The minimum absolute atomic E-state index is 0.127. The fourth-order valence-corrected chi connectivity index (χ4v) is 2.74. The van der Waals surface area contributed by atoms with Crippen molar-refractivity contribution < 1.29 is 4.79 Å². The normalized spacial score (nSPS) is 9.86. The van der Waals surface area contributed by atoms with Gasteiger partial charge in [0.2, 0.25) is 0 Å². The van der Waals surface area contributed by atoms with Crippen molar-refractivity contribution in [3.05, 3.63) is 56.2 Å². The maximum Gasteiger partial charge on any atom is 0.251 e.